The van der Waals surface area contributed by atoms with E-state index in [0.29, 0.717) is 17.1 Å². The van der Waals surface area contributed by atoms with E-state index in [1.807, 2.05) is 18.2 Å². The zero-order valence-electron chi connectivity index (χ0n) is 9.47. The molecule has 0 saturated carbocycles. The molecule has 1 unspecified atom stereocenters. The van der Waals surface area contributed by atoms with Gasteiger partial charge in [-0.25, -0.2) is 4.98 Å². The first-order chi connectivity index (χ1) is 8.61. The Balaban J connectivity index is 2.44. The molecule has 0 spiro atoms. The molecular weight excluding hydrogens is 364 g/mol. The molecule has 0 aliphatic carbocycles. The Morgan fingerprint density at radius 2 is 1.72 bits per heavy atom. The molecule has 0 radical (unpaired) electrons. The van der Waals surface area contributed by atoms with Crippen molar-refractivity contribution in [2.24, 2.45) is 0 Å². The summed E-state index contributed by atoms with van der Waals surface area (Å²) >= 11 is 6.76. The molecule has 1 aromatic carbocycles. The van der Waals surface area contributed by atoms with Gasteiger partial charge in [0.25, 0.3) is 0 Å². The van der Waals surface area contributed by atoms with Crippen LogP contribution in [0.15, 0.2) is 39.5 Å². The molecule has 6 heteroatoms. The normalized spacial score (nSPS) is 12.2. The lowest BCUT2D eigenvalue weighted by Crippen LogP contribution is -2.06. The molecule has 0 amide bonds. The third-order valence-electron chi connectivity index (χ3n) is 2.34. The molecule has 1 heterocycles. The smallest absolute Gasteiger partial charge is 0.238 e. The van der Waals surface area contributed by atoms with Crippen LogP contribution in [0.2, 0.25) is 0 Å². The number of aromatic nitrogens is 2. The highest BCUT2D eigenvalue weighted by atomic mass is 79.9. The van der Waals surface area contributed by atoms with E-state index in [1.165, 1.54) is 19.5 Å². The van der Waals surface area contributed by atoms with Crippen molar-refractivity contribution in [3.63, 3.8) is 0 Å². The van der Waals surface area contributed by atoms with Gasteiger partial charge in [0, 0.05) is 21.3 Å². The van der Waals surface area contributed by atoms with Crippen molar-refractivity contribution in [2.45, 2.75) is 6.10 Å². The maximum atomic E-state index is 10.3. The molecule has 2 aromatic rings. The van der Waals surface area contributed by atoms with Crippen LogP contribution in [-0.4, -0.2) is 22.2 Å². The molecular formula is C12H10Br2N2O2. The summed E-state index contributed by atoms with van der Waals surface area (Å²) in [4.78, 5) is 8.14. The molecule has 0 aliphatic rings. The quantitative estimate of drug-likeness (QED) is 0.898. The van der Waals surface area contributed by atoms with Crippen molar-refractivity contribution < 1.29 is 9.84 Å². The number of aliphatic hydroxyl groups is 1. The number of aliphatic hydroxyl groups excluding tert-OH is 1. The van der Waals surface area contributed by atoms with Crippen LogP contribution < -0.4 is 4.74 Å². The van der Waals surface area contributed by atoms with Crippen LogP contribution in [0.5, 0.6) is 5.88 Å². The van der Waals surface area contributed by atoms with E-state index in [2.05, 4.69) is 41.8 Å². The fourth-order valence-corrected chi connectivity index (χ4v) is 2.90. The van der Waals surface area contributed by atoms with Gasteiger partial charge in [0.1, 0.15) is 11.8 Å². The first-order valence-corrected chi connectivity index (χ1v) is 6.69. The molecule has 0 saturated heterocycles. The Kier molecular flexibility index (Phi) is 4.31. The largest absolute Gasteiger partial charge is 0.480 e. The van der Waals surface area contributed by atoms with Crippen LogP contribution in [0.4, 0.5) is 0 Å². The van der Waals surface area contributed by atoms with Crippen LogP contribution in [0.1, 0.15) is 17.4 Å². The molecule has 94 valence electrons. The van der Waals surface area contributed by atoms with E-state index in [0.717, 1.165) is 8.95 Å². The monoisotopic (exact) mass is 372 g/mol. The van der Waals surface area contributed by atoms with Gasteiger partial charge in [0.2, 0.25) is 5.88 Å². The van der Waals surface area contributed by atoms with Gasteiger partial charge in [-0.3, -0.25) is 4.98 Å². The molecule has 0 bridgehead atoms. The minimum atomic E-state index is -0.887. The fraction of sp³-hybridized carbons (Fsp3) is 0.167. The van der Waals surface area contributed by atoms with Crippen molar-refractivity contribution >= 4 is 31.9 Å². The molecule has 2 rings (SSSR count). The minimum absolute atomic E-state index is 0.320. The summed E-state index contributed by atoms with van der Waals surface area (Å²) in [6, 6.07) is 5.54. The Morgan fingerprint density at radius 3 is 2.33 bits per heavy atom. The lowest BCUT2D eigenvalue weighted by atomic mass is 10.1. The van der Waals surface area contributed by atoms with Crippen LogP contribution in [-0.2, 0) is 0 Å². The van der Waals surface area contributed by atoms with Crippen molar-refractivity contribution in [1.82, 2.24) is 9.97 Å². The van der Waals surface area contributed by atoms with E-state index in [-0.39, 0.29) is 0 Å². The van der Waals surface area contributed by atoms with Crippen LogP contribution in [0.25, 0.3) is 0 Å². The molecule has 0 fully saturated rings. The van der Waals surface area contributed by atoms with Gasteiger partial charge in [-0.15, -0.1) is 0 Å². The second-order valence-corrected chi connectivity index (χ2v) is 5.39. The number of benzene rings is 1. The summed E-state index contributed by atoms with van der Waals surface area (Å²) in [6.45, 7) is 0. The average molecular weight is 374 g/mol. The summed E-state index contributed by atoms with van der Waals surface area (Å²) < 4.78 is 6.83. The molecule has 4 nitrogen and oxygen atoms in total. The second kappa shape index (κ2) is 5.77. The van der Waals surface area contributed by atoms with E-state index < -0.39 is 6.10 Å². The van der Waals surface area contributed by atoms with E-state index in [9.17, 15) is 5.11 Å². The lowest BCUT2D eigenvalue weighted by molar-refractivity contribution is 0.207. The molecule has 0 aliphatic heterocycles. The van der Waals surface area contributed by atoms with Gasteiger partial charge in [-0.05, 0) is 23.8 Å². The number of halogens is 2. The summed E-state index contributed by atoms with van der Waals surface area (Å²) in [7, 11) is 1.50. The summed E-state index contributed by atoms with van der Waals surface area (Å²) in [6.07, 6.45) is 2.16. The van der Waals surface area contributed by atoms with Crippen molar-refractivity contribution in [3.8, 4) is 5.88 Å². The molecule has 1 N–H and O–H groups in total. The zero-order valence-corrected chi connectivity index (χ0v) is 12.6. The van der Waals surface area contributed by atoms with Crippen molar-refractivity contribution in [2.75, 3.05) is 7.11 Å². The van der Waals surface area contributed by atoms with Crippen LogP contribution in [0, 0.1) is 0 Å². The number of hydrogen-bond acceptors (Lipinski definition) is 4. The summed E-state index contributed by atoms with van der Waals surface area (Å²) in [5, 5.41) is 10.3. The lowest BCUT2D eigenvalue weighted by Gasteiger charge is -2.13. The van der Waals surface area contributed by atoms with Crippen LogP contribution in [0.3, 0.4) is 0 Å². The van der Waals surface area contributed by atoms with Gasteiger partial charge < -0.3 is 9.84 Å². The number of hydrogen-bond donors (Lipinski definition) is 1. The van der Waals surface area contributed by atoms with Gasteiger partial charge in [0.05, 0.1) is 7.11 Å². The first kappa shape index (κ1) is 13.5. The standard InChI is InChI=1S/C12H10Br2N2O2/c1-18-12-10(15-2-3-16-12)11(17)7-4-8(13)6-9(14)5-7/h2-6,11,17H,1H3. The molecule has 1 atom stereocenters. The summed E-state index contributed by atoms with van der Waals surface area (Å²) in [5.41, 5.74) is 1.10. The predicted molar refractivity (Wildman–Crippen MR) is 74.5 cm³/mol. The number of nitrogens with zero attached hydrogens (tertiary/aromatic N) is 2. The Hall–Kier alpha value is -0.980. The number of methoxy groups -OCH3 is 1. The number of ether oxygens (including phenoxy) is 1. The van der Waals surface area contributed by atoms with E-state index in [1.54, 1.807) is 0 Å². The van der Waals surface area contributed by atoms with E-state index >= 15 is 0 Å². The highest BCUT2D eigenvalue weighted by Gasteiger charge is 2.18. The SMILES string of the molecule is COc1nccnc1C(O)c1cc(Br)cc(Br)c1. The highest BCUT2D eigenvalue weighted by molar-refractivity contribution is 9.11. The second-order valence-electron chi connectivity index (χ2n) is 3.56. The van der Waals surface area contributed by atoms with E-state index in [4.69, 9.17) is 4.74 Å². The average Bonchev–Trinajstić information content (AvgIpc) is 2.36. The molecule has 18 heavy (non-hydrogen) atoms. The topological polar surface area (TPSA) is 55.2 Å². The number of rotatable bonds is 3. The Labute approximate surface area is 121 Å². The van der Waals surface area contributed by atoms with Crippen LogP contribution >= 0.6 is 31.9 Å². The Bertz CT molecular complexity index is 543. The van der Waals surface area contributed by atoms with Gasteiger partial charge >= 0.3 is 0 Å². The third kappa shape index (κ3) is 2.88. The first-order valence-electron chi connectivity index (χ1n) is 5.10. The van der Waals surface area contributed by atoms with Crippen molar-refractivity contribution in [1.29, 1.82) is 0 Å². The maximum absolute atomic E-state index is 10.3. The van der Waals surface area contributed by atoms with Gasteiger partial charge in [-0.1, -0.05) is 31.9 Å². The third-order valence-corrected chi connectivity index (χ3v) is 3.26. The minimum Gasteiger partial charge on any atom is -0.480 e. The predicted octanol–water partition coefficient (Wildman–Crippen LogP) is 3.09. The molecule has 1 aromatic heterocycles. The maximum Gasteiger partial charge on any atom is 0.238 e. The fourth-order valence-electron chi connectivity index (χ4n) is 1.57. The van der Waals surface area contributed by atoms with Gasteiger partial charge in [0.15, 0.2) is 0 Å². The zero-order chi connectivity index (χ0) is 13.1. The van der Waals surface area contributed by atoms with Gasteiger partial charge in [-0.2, -0.15) is 0 Å². The highest BCUT2D eigenvalue weighted by Crippen LogP contribution is 2.30. The van der Waals surface area contributed by atoms with Crippen molar-refractivity contribution in [3.05, 3.63) is 50.8 Å². The Morgan fingerprint density at radius 1 is 1.11 bits per heavy atom. The summed E-state index contributed by atoms with van der Waals surface area (Å²) in [5.74, 6) is 0.320.